The van der Waals surface area contributed by atoms with E-state index in [1.807, 2.05) is 39.0 Å². The van der Waals surface area contributed by atoms with Crippen LogP contribution in [0.1, 0.15) is 50.4 Å². The third kappa shape index (κ3) is 5.93. The van der Waals surface area contributed by atoms with Gasteiger partial charge in [-0.05, 0) is 58.1 Å². The quantitative estimate of drug-likeness (QED) is 0.896. The Kier molecular flexibility index (Phi) is 5.64. The summed E-state index contributed by atoms with van der Waals surface area (Å²) in [5.74, 6) is 0.344. The molecule has 2 amide bonds. The fourth-order valence-corrected chi connectivity index (χ4v) is 2.79. The summed E-state index contributed by atoms with van der Waals surface area (Å²) < 4.78 is 5.27. The minimum Gasteiger partial charge on any atom is -0.444 e. The van der Waals surface area contributed by atoms with Gasteiger partial charge in [-0.1, -0.05) is 18.2 Å². The molecule has 2 rings (SSSR count). The van der Waals surface area contributed by atoms with Gasteiger partial charge in [0, 0.05) is 18.2 Å². The van der Waals surface area contributed by atoms with Crippen LogP contribution in [0.2, 0.25) is 0 Å². The largest absolute Gasteiger partial charge is 0.444 e. The van der Waals surface area contributed by atoms with Gasteiger partial charge in [-0.3, -0.25) is 4.79 Å². The summed E-state index contributed by atoms with van der Waals surface area (Å²) in [6, 6.07) is 9.33. The zero-order valence-corrected chi connectivity index (χ0v) is 14.1. The Morgan fingerprint density at radius 2 is 1.87 bits per heavy atom. The van der Waals surface area contributed by atoms with Gasteiger partial charge in [0.1, 0.15) is 5.60 Å². The Bertz CT molecular complexity index is 537. The van der Waals surface area contributed by atoms with E-state index >= 15 is 0 Å². The molecule has 5 heteroatoms. The van der Waals surface area contributed by atoms with E-state index in [1.54, 1.807) is 12.1 Å². The van der Waals surface area contributed by atoms with Crippen LogP contribution in [0, 0.1) is 5.92 Å². The van der Waals surface area contributed by atoms with Crippen molar-refractivity contribution in [3.8, 4) is 0 Å². The monoisotopic (exact) mass is 318 g/mol. The summed E-state index contributed by atoms with van der Waals surface area (Å²) in [4.78, 5) is 23.8. The third-order valence-electron chi connectivity index (χ3n) is 3.85. The molecule has 126 valence electrons. The van der Waals surface area contributed by atoms with Crippen LogP contribution < -0.4 is 10.6 Å². The molecule has 5 nitrogen and oxygen atoms in total. The number of hydrogen-bond acceptors (Lipinski definition) is 3. The van der Waals surface area contributed by atoms with Gasteiger partial charge < -0.3 is 15.4 Å². The highest BCUT2D eigenvalue weighted by Gasteiger charge is 2.27. The van der Waals surface area contributed by atoms with Gasteiger partial charge in [0.2, 0.25) is 0 Å². The predicted octanol–water partition coefficient (Wildman–Crippen LogP) is 3.11. The van der Waals surface area contributed by atoms with Gasteiger partial charge in [0.25, 0.3) is 5.91 Å². The number of carbonyl (C=O) groups excluding carboxylic acids is 2. The van der Waals surface area contributed by atoms with E-state index in [0.29, 0.717) is 18.0 Å². The van der Waals surface area contributed by atoms with E-state index < -0.39 is 5.60 Å². The first-order chi connectivity index (χ1) is 10.8. The van der Waals surface area contributed by atoms with Crippen LogP contribution in [0.4, 0.5) is 4.79 Å². The highest BCUT2D eigenvalue weighted by molar-refractivity contribution is 5.94. The maximum absolute atomic E-state index is 12.0. The molecule has 1 aromatic rings. The molecule has 1 aliphatic rings. The molecule has 0 bridgehead atoms. The third-order valence-corrected chi connectivity index (χ3v) is 3.85. The minimum absolute atomic E-state index is 0.0471. The topological polar surface area (TPSA) is 67.4 Å². The smallest absolute Gasteiger partial charge is 0.407 e. The number of alkyl carbamates (subject to hydrolysis) is 1. The first kappa shape index (κ1) is 17.3. The average Bonchev–Trinajstić information content (AvgIpc) is 2.91. The number of benzene rings is 1. The van der Waals surface area contributed by atoms with E-state index in [0.717, 1.165) is 19.3 Å². The lowest BCUT2D eigenvalue weighted by molar-refractivity contribution is 0.0504. The molecular weight excluding hydrogens is 292 g/mol. The fourth-order valence-electron chi connectivity index (χ4n) is 2.79. The van der Waals surface area contributed by atoms with E-state index in [-0.39, 0.29) is 18.0 Å². The molecule has 2 unspecified atom stereocenters. The molecule has 1 saturated carbocycles. The zero-order valence-electron chi connectivity index (χ0n) is 14.1. The van der Waals surface area contributed by atoms with Crippen LogP contribution >= 0.6 is 0 Å². The molecule has 0 saturated heterocycles. The lowest BCUT2D eigenvalue weighted by Gasteiger charge is -2.21. The Labute approximate surface area is 137 Å². The Hall–Kier alpha value is -2.04. The molecule has 0 spiro atoms. The summed E-state index contributed by atoms with van der Waals surface area (Å²) in [6.07, 6.45) is 2.42. The lowest BCUT2D eigenvalue weighted by atomic mass is 10.1. The molecule has 2 N–H and O–H groups in total. The molecular formula is C18H26N2O3. The van der Waals surface area contributed by atoms with Gasteiger partial charge in [-0.15, -0.1) is 0 Å². The van der Waals surface area contributed by atoms with Gasteiger partial charge >= 0.3 is 6.09 Å². The molecule has 0 aromatic heterocycles. The van der Waals surface area contributed by atoms with Crippen molar-refractivity contribution < 1.29 is 14.3 Å². The number of ether oxygens (including phenoxy) is 1. The highest BCUT2D eigenvalue weighted by atomic mass is 16.6. The minimum atomic E-state index is -0.480. The Morgan fingerprint density at radius 1 is 1.17 bits per heavy atom. The normalized spacial score (nSPS) is 20.8. The summed E-state index contributed by atoms with van der Waals surface area (Å²) in [6.45, 7) is 6.19. The van der Waals surface area contributed by atoms with Crippen molar-refractivity contribution in [1.29, 1.82) is 0 Å². The van der Waals surface area contributed by atoms with E-state index in [2.05, 4.69) is 10.6 Å². The first-order valence-electron chi connectivity index (χ1n) is 8.16. The highest BCUT2D eigenvalue weighted by Crippen LogP contribution is 2.25. The fraction of sp³-hybridized carbons (Fsp3) is 0.556. The van der Waals surface area contributed by atoms with Crippen molar-refractivity contribution in [3.63, 3.8) is 0 Å². The molecule has 0 radical (unpaired) electrons. The van der Waals surface area contributed by atoms with Crippen molar-refractivity contribution in [1.82, 2.24) is 10.6 Å². The van der Waals surface area contributed by atoms with Crippen molar-refractivity contribution in [3.05, 3.63) is 35.9 Å². The van der Waals surface area contributed by atoms with Crippen LogP contribution in [0.15, 0.2) is 30.3 Å². The summed E-state index contributed by atoms with van der Waals surface area (Å²) in [5, 5.41) is 5.88. The van der Waals surface area contributed by atoms with Crippen molar-refractivity contribution in [2.75, 3.05) is 6.54 Å². The summed E-state index contributed by atoms with van der Waals surface area (Å²) in [5.41, 5.74) is 0.195. The average molecular weight is 318 g/mol. The molecule has 1 aliphatic carbocycles. The van der Waals surface area contributed by atoms with Crippen LogP contribution in [0.25, 0.3) is 0 Å². The molecule has 1 aromatic carbocycles. The molecule has 2 atom stereocenters. The molecule has 23 heavy (non-hydrogen) atoms. The standard InChI is InChI=1S/C18H26N2O3/c1-18(2,3)23-17(22)20-15-10-9-13(11-15)12-19-16(21)14-7-5-4-6-8-14/h4-8,13,15H,9-12H2,1-3H3,(H,19,21)(H,20,22). The van der Waals surface area contributed by atoms with E-state index in [4.69, 9.17) is 4.74 Å². The Balaban J connectivity index is 1.71. The van der Waals surface area contributed by atoms with Gasteiger partial charge in [0.15, 0.2) is 0 Å². The van der Waals surface area contributed by atoms with Crippen LogP contribution in [-0.4, -0.2) is 30.2 Å². The molecule has 1 fully saturated rings. The number of carbonyl (C=O) groups is 2. The second-order valence-corrected chi connectivity index (χ2v) is 7.10. The summed E-state index contributed by atoms with van der Waals surface area (Å²) in [7, 11) is 0. The SMILES string of the molecule is CC(C)(C)OC(=O)NC1CCC(CNC(=O)c2ccccc2)C1. The molecule has 0 heterocycles. The number of rotatable bonds is 4. The maximum atomic E-state index is 12.0. The predicted molar refractivity (Wildman–Crippen MR) is 89.3 cm³/mol. The second-order valence-electron chi connectivity index (χ2n) is 7.10. The summed E-state index contributed by atoms with van der Waals surface area (Å²) >= 11 is 0. The number of hydrogen-bond donors (Lipinski definition) is 2. The maximum Gasteiger partial charge on any atom is 0.407 e. The van der Waals surface area contributed by atoms with Gasteiger partial charge in [-0.25, -0.2) is 4.79 Å². The van der Waals surface area contributed by atoms with Crippen LogP contribution in [0.5, 0.6) is 0 Å². The van der Waals surface area contributed by atoms with Crippen LogP contribution in [0.3, 0.4) is 0 Å². The lowest BCUT2D eigenvalue weighted by Crippen LogP contribution is -2.38. The number of amides is 2. The van der Waals surface area contributed by atoms with Crippen molar-refractivity contribution in [2.24, 2.45) is 5.92 Å². The second kappa shape index (κ2) is 7.49. The van der Waals surface area contributed by atoms with Crippen LogP contribution in [-0.2, 0) is 4.74 Å². The molecule has 0 aliphatic heterocycles. The first-order valence-corrected chi connectivity index (χ1v) is 8.16. The zero-order chi connectivity index (χ0) is 16.9. The van der Waals surface area contributed by atoms with E-state index in [1.165, 1.54) is 0 Å². The van der Waals surface area contributed by atoms with Gasteiger partial charge in [0.05, 0.1) is 0 Å². The van der Waals surface area contributed by atoms with Crippen molar-refractivity contribution >= 4 is 12.0 Å². The van der Waals surface area contributed by atoms with E-state index in [9.17, 15) is 9.59 Å². The van der Waals surface area contributed by atoms with Gasteiger partial charge in [-0.2, -0.15) is 0 Å². The number of nitrogens with one attached hydrogen (secondary N) is 2. The Morgan fingerprint density at radius 3 is 2.52 bits per heavy atom. The van der Waals surface area contributed by atoms with Crippen molar-refractivity contribution in [2.45, 2.75) is 51.7 Å².